The van der Waals surface area contributed by atoms with Crippen molar-refractivity contribution in [2.75, 3.05) is 11.9 Å². The van der Waals surface area contributed by atoms with Crippen molar-refractivity contribution < 1.29 is 18.7 Å². The minimum absolute atomic E-state index is 0.0432. The number of aliphatic hydroxyl groups excluding tert-OH is 1. The van der Waals surface area contributed by atoms with E-state index in [9.17, 15) is 13.6 Å². The molecule has 0 atom stereocenters. The molecule has 0 aromatic heterocycles. The molecule has 5 heteroatoms. The summed E-state index contributed by atoms with van der Waals surface area (Å²) in [5.74, 6) is 3.17. The van der Waals surface area contributed by atoms with E-state index >= 15 is 0 Å². The van der Waals surface area contributed by atoms with Gasteiger partial charge in [-0.3, -0.25) is 4.79 Å². The fourth-order valence-electron chi connectivity index (χ4n) is 1.68. The zero-order valence-electron chi connectivity index (χ0n) is 10.9. The Morgan fingerprint density at radius 3 is 2.29 bits per heavy atom. The van der Waals surface area contributed by atoms with Crippen molar-refractivity contribution in [2.45, 2.75) is 0 Å². The maximum Gasteiger partial charge on any atom is 0.255 e. The average Bonchev–Trinajstić information content (AvgIpc) is 2.44. The van der Waals surface area contributed by atoms with Gasteiger partial charge in [-0.2, -0.15) is 0 Å². The lowest BCUT2D eigenvalue weighted by Crippen LogP contribution is -2.12. The number of aliphatic hydroxyl groups is 1. The minimum Gasteiger partial charge on any atom is -0.384 e. The summed E-state index contributed by atoms with van der Waals surface area (Å²) < 4.78 is 26.1. The number of nitrogens with one attached hydrogen (secondary N) is 1. The molecule has 0 spiro atoms. The molecule has 0 unspecified atom stereocenters. The van der Waals surface area contributed by atoms with Gasteiger partial charge in [0, 0.05) is 22.9 Å². The third-order valence-electron chi connectivity index (χ3n) is 2.58. The summed E-state index contributed by atoms with van der Waals surface area (Å²) >= 11 is 0. The molecule has 0 aliphatic rings. The number of carbonyl (C=O) groups is 1. The molecule has 106 valence electrons. The summed E-state index contributed by atoms with van der Waals surface area (Å²) in [4.78, 5) is 11.9. The second-order valence-electron chi connectivity index (χ2n) is 4.15. The molecular formula is C16H11F2NO2. The van der Waals surface area contributed by atoms with E-state index in [1.165, 1.54) is 12.1 Å². The van der Waals surface area contributed by atoms with Crippen molar-refractivity contribution in [1.82, 2.24) is 0 Å². The summed E-state index contributed by atoms with van der Waals surface area (Å²) in [5.41, 5.74) is 1.02. The predicted molar refractivity (Wildman–Crippen MR) is 74.7 cm³/mol. The lowest BCUT2D eigenvalue weighted by molar-refractivity contribution is 0.102. The molecule has 0 bridgehead atoms. The second-order valence-corrected chi connectivity index (χ2v) is 4.15. The maximum atomic E-state index is 13.0. The highest BCUT2D eigenvalue weighted by molar-refractivity contribution is 6.04. The van der Waals surface area contributed by atoms with Crippen LogP contribution in [0.15, 0.2) is 42.5 Å². The first-order valence-corrected chi connectivity index (χ1v) is 6.06. The van der Waals surface area contributed by atoms with Gasteiger partial charge in [-0.15, -0.1) is 0 Å². The van der Waals surface area contributed by atoms with Crippen LogP contribution < -0.4 is 5.32 Å². The van der Waals surface area contributed by atoms with Gasteiger partial charge in [-0.1, -0.05) is 11.8 Å². The van der Waals surface area contributed by atoms with Crippen LogP contribution in [0.2, 0.25) is 0 Å². The molecule has 0 aliphatic carbocycles. The topological polar surface area (TPSA) is 49.3 Å². The Bertz CT molecular complexity index is 695. The van der Waals surface area contributed by atoms with Gasteiger partial charge >= 0.3 is 0 Å². The lowest BCUT2D eigenvalue weighted by Gasteiger charge is -2.05. The summed E-state index contributed by atoms with van der Waals surface area (Å²) in [7, 11) is 0. The number of halogens is 2. The second kappa shape index (κ2) is 6.64. The van der Waals surface area contributed by atoms with Crippen molar-refractivity contribution in [3.8, 4) is 11.8 Å². The fraction of sp³-hybridized carbons (Fsp3) is 0.0625. The van der Waals surface area contributed by atoms with E-state index in [1.807, 2.05) is 0 Å². The summed E-state index contributed by atoms with van der Waals surface area (Å²) in [5, 5.41) is 11.0. The van der Waals surface area contributed by atoms with Gasteiger partial charge in [0.25, 0.3) is 5.91 Å². The van der Waals surface area contributed by atoms with E-state index in [1.54, 1.807) is 12.1 Å². The van der Waals surface area contributed by atoms with Gasteiger partial charge in [0.1, 0.15) is 18.2 Å². The molecule has 0 radical (unpaired) electrons. The number of rotatable bonds is 2. The van der Waals surface area contributed by atoms with E-state index in [2.05, 4.69) is 17.2 Å². The maximum absolute atomic E-state index is 13.0. The number of carbonyl (C=O) groups excluding carboxylic acids is 1. The Kier molecular flexibility index (Phi) is 4.64. The monoisotopic (exact) mass is 287 g/mol. The van der Waals surface area contributed by atoms with Gasteiger partial charge in [-0.25, -0.2) is 8.78 Å². The van der Waals surface area contributed by atoms with Gasteiger partial charge in [0.15, 0.2) is 0 Å². The van der Waals surface area contributed by atoms with Crippen molar-refractivity contribution in [1.29, 1.82) is 0 Å². The SMILES string of the molecule is O=C(Nc1cc(F)cc(F)c1)c1ccc(C#CCO)cc1. The van der Waals surface area contributed by atoms with Crippen LogP contribution in [-0.4, -0.2) is 17.6 Å². The summed E-state index contributed by atoms with van der Waals surface area (Å²) in [6.45, 7) is -0.243. The van der Waals surface area contributed by atoms with Crippen molar-refractivity contribution in [2.24, 2.45) is 0 Å². The van der Waals surface area contributed by atoms with Crippen LogP contribution >= 0.6 is 0 Å². The molecule has 0 saturated heterocycles. The molecule has 21 heavy (non-hydrogen) atoms. The third-order valence-corrected chi connectivity index (χ3v) is 2.58. The Hall–Kier alpha value is -2.71. The van der Waals surface area contributed by atoms with Crippen LogP contribution in [0.25, 0.3) is 0 Å². The molecule has 2 aromatic carbocycles. The highest BCUT2D eigenvalue weighted by Gasteiger charge is 2.07. The van der Waals surface area contributed by atoms with E-state index in [4.69, 9.17) is 5.11 Å². The van der Waals surface area contributed by atoms with E-state index in [0.717, 1.165) is 18.2 Å². The van der Waals surface area contributed by atoms with E-state index in [0.29, 0.717) is 11.1 Å². The molecule has 3 nitrogen and oxygen atoms in total. The van der Waals surface area contributed by atoms with E-state index < -0.39 is 17.5 Å². The fourth-order valence-corrected chi connectivity index (χ4v) is 1.68. The molecule has 0 fully saturated rings. The minimum atomic E-state index is -0.764. The molecule has 0 heterocycles. The van der Waals surface area contributed by atoms with Crippen LogP contribution in [-0.2, 0) is 0 Å². The van der Waals surface area contributed by atoms with Gasteiger partial charge in [0.2, 0.25) is 0 Å². The quantitative estimate of drug-likeness (QED) is 0.834. The number of amides is 1. The van der Waals surface area contributed by atoms with Gasteiger partial charge < -0.3 is 10.4 Å². The zero-order valence-corrected chi connectivity index (χ0v) is 10.9. The first-order valence-electron chi connectivity index (χ1n) is 6.06. The summed E-state index contributed by atoms with van der Waals surface area (Å²) in [6.07, 6.45) is 0. The Labute approximate surface area is 120 Å². The van der Waals surface area contributed by atoms with E-state index in [-0.39, 0.29) is 12.3 Å². The van der Waals surface area contributed by atoms with Gasteiger partial charge in [0.05, 0.1) is 0 Å². The first kappa shape index (κ1) is 14.7. The van der Waals surface area contributed by atoms with Crippen LogP contribution in [0, 0.1) is 23.5 Å². The standard InChI is InChI=1S/C16H11F2NO2/c17-13-8-14(18)10-15(9-13)19-16(21)12-5-3-11(4-6-12)2-1-7-20/h3-6,8-10,20H,7H2,(H,19,21). The first-order chi connectivity index (χ1) is 10.1. The smallest absolute Gasteiger partial charge is 0.255 e. The number of anilines is 1. The third kappa shape index (κ3) is 4.13. The van der Waals surface area contributed by atoms with Crippen molar-refractivity contribution in [3.63, 3.8) is 0 Å². The molecule has 2 N–H and O–H groups in total. The lowest BCUT2D eigenvalue weighted by atomic mass is 10.1. The molecule has 2 aromatic rings. The highest BCUT2D eigenvalue weighted by Crippen LogP contribution is 2.14. The molecule has 2 rings (SSSR count). The molecule has 0 saturated carbocycles. The summed E-state index contributed by atoms with van der Waals surface area (Å²) in [6, 6.07) is 9.08. The molecular weight excluding hydrogens is 276 g/mol. The largest absolute Gasteiger partial charge is 0.384 e. The molecule has 1 amide bonds. The highest BCUT2D eigenvalue weighted by atomic mass is 19.1. The van der Waals surface area contributed by atoms with Crippen LogP contribution in [0.4, 0.5) is 14.5 Å². The normalized spacial score (nSPS) is 9.67. The number of hydrogen-bond donors (Lipinski definition) is 2. The molecule has 0 aliphatic heterocycles. The Morgan fingerprint density at radius 2 is 1.71 bits per heavy atom. The zero-order chi connectivity index (χ0) is 15.2. The number of benzene rings is 2. The predicted octanol–water partition coefficient (Wildman–Crippen LogP) is 2.56. The van der Waals surface area contributed by atoms with Gasteiger partial charge in [-0.05, 0) is 36.4 Å². The van der Waals surface area contributed by atoms with Crippen molar-refractivity contribution in [3.05, 3.63) is 65.2 Å². The number of hydrogen-bond acceptors (Lipinski definition) is 2. The van der Waals surface area contributed by atoms with Crippen LogP contribution in [0.5, 0.6) is 0 Å². The van der Waals surface area contributed by atoms with Crippen LogP contribution in [0.1, 0.15) is 15.9 Å². The van der Waals surface area contributed by atoms with Crippen molar-refractivity contribution >= 4 is 11.6 Å². The Balaban J connectivity index is 2.13. The Morgan fingerprint density at radius 1 is 1.10 bits per heavy atom. The van der Waals surface area contributed by atoms with Crippen LogP contribution in [0.3, 0.4) is 0 Å². The average molecular weight is 287 g/mol.